The van der Waals surface area contributed by atoms with Gasteiger partial charge in [0, 0.05) is 30.1 Å². The maximum atomic E-state index is 11.8. The standard InChI is InChI=1S/C21H23N3O3/c1-13-22-11-19(14-4-3-5-16(25)8-14)21(24-13)27-12-15-9-18(15)20-7-6-17(26-2)10-23-20/h6-8,10-11,15,18H,3-5,9,12H2,1-2H3. The molecule has 2 heterocycles. The number of pyridine rings is 1. The van der Waals surface area contributed by atoms with E-state index in [1.54, 1.807) is 25.6 Å². The van der Waals surface area contributed by atoms with Gasteiger partial charge in [0.2, 0.25) is 5.88 Å². The van der Waals surface area contributed by atoms with E-state index in [1.807, 2.05) is 19.1 Å². The predicted molar refractivity (Wildman–Crippen MR) is 101 cm³/mol. The zero-order chi connectivity index (χ0) is 18.8. The van der Waals surface area contributed by atoms with E-state index >= 15 is 0 Å². The first-order valence-electron chi connectivity index (χ1n) is 9.34. The highest BCUT2D eigenvalue weighted by Crippen LogP contribution is 2.47. The van der Waals surface area contributed by atoms with Crippen LogP contribution in [0.2, 0.25) is 0 Å². The number of allylic oxidation sites excluding steroid dienone is 2. The maximum absolute atomic E-state index is 11.8. The molecule has 0 N–H and O–H groups in total. The van der Waals surface area contributed by atoms with Crippen molar-refractivity contribution in [3.63, 3.8) is 0 Å². The van der Waals surface area contributed by atoms with E-state index in [0.717, 1.165) is 41.8 Å². The fraction of sp³-hybridized carbons (Fsp3) is 0.429. The van der Waals surface area contributed by atoms with Crippen LogP contribution < -0.4 is 9.47 Å². The van der Waals surface area contributed by atoms with Crippen LogP contribution in [0, 0.1) is 12.8 Å². The summed E-state index contributed by atoms with van der Waals surface area (Å²) >= 11 is 0. The summed E-state index contributed by atoms with van der Waals surface area (Å²) in [7, 11) is 1.64. The van der Waals surface area contributed by atoms with Gasteiger partial charge in [-0.3, -0.25) is 9.78 Å². The number of hydrogen-bond acceptors (Lipinski definition) is 6. The Morgan fingerprint density at radius 2 is 2.07 bits per heavy atom. The van der Waals surface area contributed by atoms with Crippen molar-refractivity contribution in [1.29, 1.82) is 0 Å². The lowest BCUT2D eigenvalue weighted by atomic mass is 9.94. The van der Waals surface area contributed by atoms with E-state index in [0.29, 0.717) is 36.6 Å². The number of aryl methyl sites for hydroxylation is 1. The number of ketones is 1. The Balaban J connectivity index is 1.44. The summed E-state index contributed by atoms with van der Waals surface area (Å²) in [6.07, 6.45) is 8.64. The second-order valence-electron chi connectivity index (χ2n) is 7.16. The third-order valence-electron chi connectivity index (χ3n) is 5.16. The van der Waals surface area contributed by atoms with Gasteiger partial charge in [-0.05, 0) is 50.0 Å². The molecule has 2 aliphatic carbocycles. The van der Waals surface area contributed by atoms with Gasteiger partial charge in [-0.1, -0.05) is 0 Å². The van der Waals surface area contributed by atoms with Crippen LogP contribution in [0.15, 0.2) is 30.6 Å². The number of methoxy groups -OCH3 is 1. The Morgan fingerprint density at radius 1 is 1.19 bits per heavy atom. The van der Waals surface area contributed by atoms with Gasteiger partial charge in [0.05, 0.1) is 25.5 Å². The van der Waals surface area contributed by atoms with Crippen LogP contribution in [0.25, 0.3) is 5.57 Å². The topological polar surface area (TPSA) is 74.2 Å². The minimum absolute atomic E-state index is 0.163. The smallest absolute Gasteiger partial charge is 0.224 e. The van der Waals surface area contributed by atoms with Crippen molar-refractivity contribution in [2.75, 3.05) is 13.7 Å². The Morgan fingerprint density at radius 3 is 2.81 bits per heavy atom. The molecule has 4 rings (SSSR count). The minimum atomic E-state index is 0.163. The SMILES string of the molecule is COc1ccc(C2CC2COc2nc(C)ncc2C2=CC(=O)CCC2)nc1. The summed E-state index contributed by atoms with van der Waals surface area (Å²) < 4.78 is 11.2. The first-order valence-corrected chi connectivity index (χ1v) is 9.34. The second kappa shape index (κ2) is 7.47. The van der Waals surface area contributed by atoms with Gasteiger partial charge in [-0.15, -0.1) is 0 Å². The van der Waals surface area contributed by atoms with Gasteiger partial charge in [0.25, 0.3) is 0 Å². The second-order valence-corrected chi connectivity index (χ2v) is 7.16. The molecule has 0 aliphatic heterocycles. The summed E-state index contributed by atoms with van der Waals surface area (Å²) in [5.41, 5.74) is 2.89. The molecule has 2 unspecified atom stereocenters. The van der Waals surface area contributed by atoms with Crippen LogP contribution in [-0.4, -0.2) is 34.5 Å². The zero-order valence-corrected chi connectivity index (χ0v) is 15.6. The number of ether oxygens (including phenoxy) is 2. The predicted octanol–water partition coefficient (Wildman–Crippen LogP) is 3.51. The van der Waals surface area contributed by atoms with Gasteiger partial charge in [0.1, 0.15) is 11.6 Å². The van der Waals surface area contributed by atoms with Crippen molar-refractivity contribution < 1.29 is 14.3 Å². The Hall–Kier alpha value is -2.76. The molecule has 0 spiro atoms. The summed E-state index contributed by atoms with van der Waals surface area (Å²) in [5, 5.41) is 0. The van der Waals surface area contributed by atoms with E-state index < -0.39 is 0 Å². The fourth-order valence-electron chi connectivity index (χ4n) is 3.50. The third-order valence-corrected chi connectivity index (χ3v) is 5.16. The highest BCUT2D eigenvalue weighted by molar-refractivity contribution is 5.98. The molecule has 2 aliphatic rings. The molecule has 2 aromatic heterocycles. The summed E-state index contributed by atoms with van der Waals surface area (Å²) in [6.45, 7) is 2.43. The van der Waals surface area contributed by atoms with Crippen molar-refractivity contribution in [3.8, 4) is 11.6 Å². The number of carbonyl (C=O) groups is 1. The van der Waals surface area contributed by atoms with Crippen molar-refractivity contribution >= 4 is 11.4 Å². The molecular formula is C21H23N3O3. The molecule has 2 aromatic rings. The van der Waals surface area contributed by atoms with E-state index in [-0.39, 0.29) is 5.78 Å². The van der Waals surface area contributed by atoms with Gasteiger partial charge < -0.3 is 9.47 Å². The monoisotopic (exact) mass is 365 g/mol. The number of carbonyl (C=O) groups excluding carboxylic acids is 1. The fourth-order valence-corrected chi connectivity index (χ4v) is 3.50. The lowest BCUT2D eigenvalue weighted by molar-refractivity contribution is -0.114. The molecule has 0 amide bonds. The Kier molecular flexibility index (Phi) is 4.88. The molecule has 6 nitrogen and oxygen atoms in total. The number of rotatable bonds is 6. The average molecular weight is 365 g/mol. The quantitative estimate of drug-likeness (QED) is 0.780. The Labute approximate surface area is 158 Å². The van der Waals surface area contributed by atoms with E-state index in [9.17, 15) is 4.79 Å². The molecule has 2 atom stereocenters. The highest BCUT2D eigenvalue weighted by atomic mass is 16.5. The van der Waals surface area contributed by atoms with Crippen molar-refractivity contribution in [2.45, 2.75) is 38.5 Å². The lowest BCUT2D eigenvalue weighted by Crippen LogP contribution is -2.09. The van der Waals surface area contributed by atoms with Gasteiger partial charge in [0.15, 0.2) is 5.78 Å². The van der Waals surface area contributed by atoms with Gasteiger partial charge in [-0.2, -0.15) is 4.98 Å². The van der Waals surface area contributed by atoms with Crippen LogP contribution in [0.3, 0.4) is 0 Å². The molecule has 6 heteroatoms. The van der Waals surface area contributed by atoms with Crippen LogP contribution in [-0.2, 0) is 4.79 Å². The lowest BCUT2D eigenvalue weighted by Gasteiger charge is -2.15. The van der Waals surface area contributed by atoms with Crippen LogP contribution in [0.1, 0.15) is 48.7 Å². The zero-order valence-electron chi connectivity index (χ0n) is 15.6. The number of aromatic nitrogens is 3. The van der Waals surface area contributed by atoms with E-state index in [1.165, 1.54) is 0 Å². The summed E-state index contributed by atoms with van der Waals surface area (Å²) in [4.78, 5) is 25.0. The van der Waals surface area contributed by atoms with Crippen LogP contribution >= 0.6 is 0 Å². The first-order chi connectivity index (χ1) is 13.1. The molecule has 0 saturated heterocycles. The summed E-state index contributed by atoms with van der Waals surface area (Å²) in [5.74, 6) is 3.02. The highest BCUT2D eigenvalue weighted by Gasteiger charge is 2.40. The largest absolute Gasteiger partial charge is 0.495 e. The van der Waals surface area contributed by atoms with Crippen molar-refractivity contribution in [1.82, 2.24) is 15.0 Å². The minimum Gasteiger partial charge on any atom is -0.495 e. The molecule has 140 valence electrons. The van der Waals surface area contributed by atoms with Crippen LogP contribution in [0.5, 0.6) is 11.6 Å². The molecule has 0 radical (unpaired) electrons. The first kappa shape index (κ1) is 17.6. The molecular weight excluding hydrogens is 342 g/mol. The van der Waals surface area contributed by atoms with Crippen molar-refractivity contribution in [2.24, 2.45) is 5.92 Å². The maximum Gasteiger partial charge on any atom is 0.224 e. The number of nitrogens with zero attached hydrogens (tertiary/aromatic N) is 3. The molecule has 27 heavy (non-hydrogen) atoms. The number of hydrogen-bond donors (Lipinski definition) is 0. The third kappa shape index (κ3) is 3.99. The van der Waals surface area contributed by atoms with Crippen molar-refractivity contribution in [3.05, 3.63) is 47.7 Å². The molecule has 0 aromatic carbocycles. The van der Waals surface area contributed by atoms with E-state index in [4.69, 9.17) is 9.47 Å². The van der Waals surface area contributed by atoms with Crippen LogP contribution in [0.4, 0.5) is 0 Å². The normalized spacial score (nSPS) is 21.6. The molecule has 1 fully saturated rings. The summed E-state index contributed by atoms with van der Waals surface area (Å²) in [6, 6.07) is 3.96. The molecule has 0 bridgehead atoms. The van der Waals surface area contributed by atoms with Gasteiger partial charge in [-0.25, -0.2) is 4.98 Å². The molecule has 1 saturated carbocycles. The van der Waals surface area contributed by atoms with Gasteiger partial charge >= 0.3 is 0 Å². The average Bonchev–Trinajstić information content (AvgIpc) is 3.46. The Bertz CT molecular complexity index is 877. The van der Waals surface area contributed by atoms with E-state index in [2.05, 4.69) is 15.0 Å².